The Labute approximate surface area is 228 Å². The molecule has 6 aromatic rings. The number of carbonyl (C=O) groups excluding carboxylic acids is 2. The molecule has 7 rings (SSSR count). The van der Waals surface area contributed by atoms with Gasteiger partial charge in [0.15, 0.2) is 0 Å². The van der Waals surface area contributed by atoms with Crippen molar-refractivity contribution in [1.29, 1.82) is 0 Å². The van der Waals surface area contributed by atoms with E-state index in [-0.39, 0.29) is 17.4 Å². The van der Waals surface area contributed by atoms with Crippen molar-refractivity contribution in [2.75, 3.05) is 4.90 Å². The van der Waals surface area contributed by atoms with Gasteiger partial charge in [-0.05, 0) is 90.7 Å². The van der Waals surface area contributed by atoms with Crippen LogP contribution in [0.1, 0.15) is 71.4 Å². The molecule has 0 unspecified atom stereocenters. The molecule has 1 aliphatic heterocycles. The van der Waals surface area contributed by atoms with Gasteiger partial charge in [0.2, 0.25) is 0 Å². The number of imide groups is 1. The van der Waals surface area contributed by atoms with Crippen LogP contribution in [0, 0.1) is 0 Å². The lowest BCUT2D eigenvalue weighted by atomic mass is 9.90. The number of amides is 2. The molecule has 0 saturated carbocycles. The number of hydrogen-bond acceptors (Lipinski definition) is 5. The van der Waals surface area contributed by atoms with Crippen molar-refractivity contribution >= 4 is 66.4 Å². The molecular weight excluding hydrogens is 506 g/mol. The Hall–Kier alpha value is -4.10. The highest BCUT2D eigenvalue weighted by atomic mass is 32.1. The van der Waals surface area contributed by atoms with Crippen molar-refractivity contribution in [2.24, 2.45) is 0 Å². The number of fused-ring (bicyclic) bond motifs is 4. The van der Waals surface area contributed by atoms with Crippen LogP contribution in [-0.4, -0.2) is 21.2 Å². The minimum atomic E-state index is -0.369. The highest BCUT2D eigenvalue weighted by molar-refractivity contribution is 7.14. The smallest absolute Gasteiger partial charge is 0.266 e. The third-order valence-corrected chi connectivity index (χ3v) is 8.86. The first-order valence-corrected chi connectivity index (χ1v) is 14.5. The van der Waals surface area contributed by atoms with Gasteiger partial charge in [0.25, 0.3) is 17.4 Å². The van der Waals surface area contributed by atoms with Gasteiger partial charge >= 0.3 is 0 Å². The van der Waals surface area contributed by atoms with E-state index in [1.807, 2.05) is 17.5 Å². The first-order valence-electron chi connectivity index (χ1n) is 13.6. The Bertz CT molecular complexity index is 1980. The first-order chi connectivity index (χ1) is 19.0. The molecule has 0 radical (unpaired) electrons. The van der Waals surface area contributed by atoms with Crippen LogP contribution in [0.25, 0.3) is 38.2 Å². The number of anilines is 1. The summed E-state index contributed by atoms with van der Waals surface area (Å²) in [6, 6.07) is 15.0. The normalized spacial score (nSPS) is 13.6. The Balaban J connectivity index is 1.53. The summed E-state index contributed by atoms with van der Waals surface area (Å²) in [4.78, 5) is 47.4. The largest absolute Gasteiger partial charge is 0.268 e. The van der Waals surface area contributed by atoms with Crippen molar-refractivity contribution in [3.8, 4) is 0 Å². The number of thiophene rings is 1. The van der Waals surface area contributed by atoms with Gasteiger partial charge in [0, 0.05) is 32.7 Å². The van der Waals surface area contributed by atoms with E-state index < -0.39 is 0 Å². The SMILES string of the molecule is CCCCc1cc2nc3c4ccc5c6c(ccc(c(=O)n3c2cc1CCCC)c64)C(=O)N(c1cccs1)C5=O. The number of nitrogens with zero attached hydrogens (tertiary/aromatic N) is 3. The minimum Gasteiger partial charge on any atom is -0.268 e. The predicted molar refractivity (Wildman–Crippen MR) is 158 cm³/mol. The third kappa shape index (κ3) is 3.39. The van der Waals surface area contributed by atoms with E-state index in [9.17, 15) is 14.4 Å². The van der Waals surface area contributed by atoms with E-state index in [0.717, 1.165) is 54.9 Å². The molecule has 3 aromatic heterocycles. The summed E-state index contributed by atoms with van der Waals surface area (Å²) in [7, 11) is 0. The number of rotatable bonds is 7. The molecule has 4 heterocycles. The third-order valence-electron chi connectivity index (χ3n) is 8.00. The molecule has 3 aromatic carbocycles. The second-order valence-corrected chi connectivity index (χ2v) is 11.3. The molecule has 6 nitrogen and oxygen atoms in total. The van der Waals surface area contributed by atoms with Crippen molar-refractivity contribution in [1.82, 2.24) is 9.38 Å². The average molecular weight is 534 g/mol. The second kappa shape index (κ2) is 8.99. The van der Waals surface area contributed by atoms with Crippen molar-refractivity contribution < 1.29 is 9.59 Å². The van der Waals surface area contributed by atoms with Crippen molar-refractivity contribution in [3.63, 3.8) is 0 Å². The molecule has 0 fully saturated rings. The first kappa shape index (κ1) is 24.0. The summed E-state index contributed by atoms with van der Waals surface area (Å²) in [5, 5.41) is 4.88. The molecule has 7 heteroatoms. The molecule has 194 valence electrons. The lowest BCUT2D eigenvalue weighted by molar-refractivity contribution is 0.0894. The zero-order chi connectivity index (χ0) is 26.8. The summed E-state index contributed by atoms with van der Waals surface area (Å²) in [6.07, 6.45) is 6.40. The Kier molecular flexibility index (Phi) is 5.52. The quantitative estimate of drug-likeness (QED) is 0.205. The molecule has 1 aliphatic rings. The van der Waals surface area contributed by atoms with Crippen LogP contribution >= 0.6 is 11.3 Å². The van der Waals surface area contributed by atoms with Crippen molar-refractivity contribution in [3.05, 3.63) is 86.5 Å². The molecular formula is C32H27N3O3S. The molecule has 0 N–H and O–H groups in total. The van der Waals surface area contributed by atoms with Crippen LogP contribution < -0.4 is 10.5 Å². The lowest BCUT2D eigenvalue weighted by Crippen LogP contribution is -2.40. The molecule has 39 heavy (non-hydrogen) atoms. The fourth-order valence-electron chi connectivity index (χ4n) is 6.06. The second-order valence-electron chi connectivity index (χ2n) is 10.4. The van der Waals surface area contributed by atoms with Gasteiger partial charge < -0.3 is 0 Å². The van der Waals surface area contributed by atoms with Crippen molar-refractivity contribution in [2.45, 2.75) is 52.4 Å². The number of unbranched alkanes of at least 4 members (excludes halogenated alkanes) is 2. The number of hydrogen-bond donors (Lipinski definition) is 0. The Morgan fingerprint density at radius 2 is 1.46 bits per heavy atom. The summed E-state index contributed by atoms with van der Waals surface area (Å²) in [5.41, 5.74) is 5.47. The maximum atomic E-state index is 14.0. The summed E-state index contributed by atoms with van der Waals surface area (Å²) < 4.78 is 1.72. The van der Waals surface area contributed by atoms with E-state index in [2.05, 4.69) is 26.0 Å². The minimum absolute atomic E-state index is 0.174. The number of imidazole rings is 1. The number of pyridine rings is 1. The van der Waals surface area contributed by atoms with E-state index in [1.54, 1.807) is 28.7 Å². The molecule has 0 spiro atoms. The Morgan fingerprint density at radius 3 is 2.10 bits per heavy atom. The fourth-order valence-corrected chi connectivity index (χ4v) is 6.79. The van der Waals surface area contributed by atoms with Gasteiger partial charge in [0.05, 0.1) is 11.0 Å². The number of carbonyl (C=O) groups is 2. The van der Waals surface area contributed by atoms with Gasteiger partial charge in [-0.15, -0.1) is 11.3 Å². The monoisotopic (exact) mass is 533 g/mol. The van der Waals surface area contributed by atoms with Gasteiger partial charge in [0.1, 0.15) is 10.6 Å². The van der Waals surface area contributed by atoms with Crippen LogP contribution in [0.3, 0.4) is 0 Å². The van der Waals surface area contributed by atoms with E-state index in [0.29, 0.717) is 37.9 Å². The average Bonchev–Trinajstić information content (AvgIpc) is 3.60. The van der Waals surface area contributed by atoms with Gasteiger partial charge in [-0.2, -0.15) is 0 Å². The standard InChI is InChI=1S/C32H27N3O3S/c1-3-5-8-18-16-24-25(17-19(18)9-6-4-2)34-29(33-24)20-11-12-22-28-23(14-13-21(27(20)28)30(34)36)32(38)35(31(22)37)26-10-7-15-39-26/h7,10-17H,3-6,8-9H2,1-2H3. The van der Waals surface area contributed by atoms with E-state index in [4.69, 9.17) is 4.98 Å². The number of aromatic nitrogens is 2. The fraction of sp³-hybridized carbons (Fsp3) is 0.250. The number of benzene rings is 3. The topological polar surface area (TPSA) is 71.8 Å². The van der Waals surface area contributed by atoms with Crippen LogP contribution in [0.5, 0.6) is 0 Å². The summed E-state index contributed by atoms with van der Waals surface area (Å²) >= 11 is 1.35. The van der Waals surface area contributed by atoms with Crippen LogP contribution in [0.2, 0.25) is 0 Å². The molecule has 0 bridgehead atoms. The molecule has 2 amide bonds. The summed E-state index contributed by atoms with van der Waals surface area (Å²) in [6.45, 7) is 4.39. The van der Waals surface area contributed by atoms with Crippen LogP contribution in [-0.2, 0) is 12.8 Å². The zero-order valence-electron chi connectivity index (χ0n) is 21.9. The predicted octanol–water partition coefficient (Wildman–Crippen LogP) is 7.14. The van der Waals surface area contributed by atoms with Gasteiger partial charge in [-0.3, -0.25) is 18.8 Å². The van der Waals surface area contributed by atoms with Crippen LogP contribution in [0.4, 0.5) is 5.00 Å². The zero-order valence-corrected chi connectivity index (χ0v) is 22.7. The van der Waals surface area contributed by atoms with E-state index in [1.165, 1.54) is 27.4 Å². The molecule has 0 saturated heterocycles. The maximum absolute atomic E-state index is 14.0. The van der Waals surface area contributed by atoms with Crippen LogP contribution in [0.15, 0.2) is 58.7 Å². The summed E-state index contributed by atoms with van der Waals surface area (Å²) in [5.74, 6) is -0.738. The lowest BCUT2D eigenvalue weighted by Gasteiger charge is -2.26. The molecule has 0 aliphatic carbocycles. The highest BCUT2D eigenvalue weighted by Crippen LogP contribution is 2.39. The Morgan fingerprint density at radius 1 is 0.795 bits per heavy atom. The van der Waals surface area contributed by atoms with Gasteiger partial charge in [-0.1, -0.05) is 26.7 Å². The number of aryl methyl sites for hydroxylation is 2. The van der Waals surface area contributed by atoms with E-state index >= 15 is 0 Å². The highest BCUT2D eigenvalue weighted by Gasteiger charge is 2.36. The van der Waals surface area contributed by atoms with Gasteiger partial charge in [-0.25, -0.2) is 9.88 Å². The maximum Gasteiger partial charge on any atom is 0.266 e. The molecule has 0 atom stereocenters.